The highest BCUT2D eigenvalue weighted by Gasteiger charge is 2.05. The Labute approximate surface area is 128 Å². The fourth-order valence-corrected chi connectivity index (χ4v) is 1.95. The Morgan fingerprint density at radius 1 is 0.909 bits per heavy atom. The molecule has 6 heteroatoms. The lowest BCUT2D eigenvalue weighted by Gasteiger charge is -2.10. The molecule has 110 valence electrons. The summed E-state index contributed by atoms with van der Waals surface area (Å²) in [4.78, 5) is 4.39. The summed E-state index contributed by atoms with van der Waals surface area (Å²) in [6, 6.07) is 17.3. The van der Waals surface area contributed by atoms with Crippen LogP contribution in [0.2, 0.25) is 0 Å². The maximum absolute atomic E-state index is 5.29. The third-order valence-electron chi connectivity index (χ3n) is 2.96. The van der Waals surface area contributed by atoms with E-state index in [4.69, 9.17) is 4.74 Å². The third kappa shape index (κ3) is 3.29. The normalized spacial score (nSPS) is 10.0. The number of nitrogens with zero attached hydrogens (tertiary/aromatic N) is 3. The Balaban J connectivity index is 1.79. The number of hydrogen-bond acceptors (Lipinski definition) is 6. The Morgan fingerprint density at radius 3 is 2.50 bits per heavy atom. The van der Waals surface area contributed by atoms with E-state index in [-0.39, 0.29) is 0 Å². The highest BCUT2D eigenvalue weighted by atomic mass is 16.5. The Bertz CT molecular complexity index is 748. The Morgan fingerprint density at radius 2 is 1.68 bits per heavy atom. The van der Waals surface area contributed by atoms with E-state index in [1.807, 2.05) is 54.6 Å². The lowest BCUT2D eigenvalue weighted by atomic mass is 10.3. The molecule has 2 N–H and O–H groups in total. The van der Waals surface area contributed by atoms with Gasteiger partial charge in [-0.3, -0.25) is 0 Å². The van der Waals surface area contributed by atoms with Gasteiger partial charge in [0.1, 0.15) is 5.75 Å². The molecule has 0 saturated heterocycles. The molecule has 6 nitrogen and oxygen atoms in total. The van der Waals surface area contributed by atoms with Crippen molar-refractivity contribution in [3.05, 3.63) is 60.8 Å². The smallest absolute Gasteiger partial charge is 0.249 e. The zero-order valence-corrected chi connectivity index (χ0v) is 12.0. The van der Waals surface area contributed by atoms with E-state index in [9.17, 15) is 0 Å². The number of hydrogen-bond donors (Lipinski definition) is 2. The average molecular weight is 293 g/mol. The summed E-state index contributed by atoms with van der Waals surface area (Å²) in [5.74, 6) is 1.72. The molecule has 0 aliphatic heterocycles. The maximum Gasteiger partial charge on any atom is 0.249 e. The molecule has 0 bridgehead atoms. The fraction of sp³-hybridized carbons (Fsp3) is 0.0625. The van der Waals surface area contributed by atoms with Crippen LogP contribution in [0.3, 0.4) is 0 Å². The first-order valence-electron chi connectivity index (χ1n) is 6.77. The molecule has 1 aromatic heterocycles. The SMILES string of the molecule is COc1ccccc1Nc1nncc(Nc2ccccc2)n1. The first kappa shape index (κ1) is 13.8. The standard InChI is InChI=1S/C16H15N5O/c1-22-14-10-6-5-9-13(14)19-16-20-15(11-17-21-16)18-12-7-3-2-4-8-12/h2-11H,1H3,(H2,18,19,20,21). The number of methoxy groups -OCH3 is 1. The van der Waals surface area contributed by atoms with Crippen molar-refractivity contribution in [2.45, 2.75) is 0 Å². The van der Waals surface area contributed by atoms with E-state index < -0.39 is 0 Å². The second-order valence-corrected chi connectivity index (χ2v) is 4.48. The van der Waals surface area contributed by atoms with Crippen LogP contribution in [0.25, 0.3) is 0 Å². The van der Waals surface area contributed by atoms with Crippen molar-refractivity contribution in [2.24, 2.45) is 0 Å². The number of benzene rings is 2. The molecule has 0 fully saturated rings. The van der Waals surface area contributed by atoms with Crippen molar-refractivity contribution in [3.63, 3.8) is 0 Å². The molecule has 0 unspecified atom stereocenters. The maximum atomic E-state index is 5.29. The number of ether oxygens (including phenoxy) is 1. The van der Waals surface area contributed by atoms with E-state index in [0.29, 0.717) is 17.5 Å². The minimum Gasteiger partial charge on any atom is -0.495 e. The van der Waals surface area contributed by atoms with Gasteiger partial charge in [0.25, 0.3) is 0 Å². The van der Waals surface area contributed by atoms with Crippen molar-refractivity contribution in [2.75, 3.05) is 17.7 Å². The molecule has 0 aliphatic carbocycles. The van der Waals surface area contributed by atoms with Gasteiger partial charge in [0.2, 0.25) is 5.95 Å². The molecule has 0 aliphatic rings. The first-order chi connectivity index (χ1) is 10.8. The molecule has 0 atom stereocenters. The van der Waals surface area contributed by atoms with E-state index >= 15 is 0 Å². The van der Waals surface area contributed by atoms with Gasteiger partial charge in [-0.1, -0.05) is 30.3 Å². The lowest BCUT2D eigenvalue weighted by Crippen LogP contribution is -2.03. The van der Waals surface area contributed by atoms with Crippen molar-refractivity contribution < 1.29 is 4.74 Å². The van der Waals surface area contributed by atoms with E-state index in [1.54, 1.807) is 13.3 Å². The number of rotatable bonds is 5. The van der Waals surface area contributed by atoms with Gasteiger partial charge in [-0.2, -0.15) is 10.1 Å². The van der Waals surface area contributed by atoms with Crippen LogP contribution in [0.4, 0.5) is 23.1 Å². The van der Waals surface area contributed by atoms with Crippen molar-refractivity contribution in [1.82, 2.24) is 15.2 Å². The molecular weight excluding hydrogens is 278 g/mol. The zero-order valence-electron chi connectivity index (χ0n) is 12.0. The predicted octanol–water partition coefficient (Wildman–Crippen LogP) is 3.37. The highest BCUT2D eigenvalue weighted by Crippen LogP contribution is 2.25. The second kappa shape index (κ2) is 6.53. The van der Waals surface area contributed by atoms with Gasteiger partial charge in [0, 0.05) is 5.69 Å². The Kier molecular flexibility index (Phi) is 4.10. The number of para-hydroxylation sites is 3. The topological polar surface area (TPSA) is 72.0 Å². The zero-order chi connectivity index (χ0) is 15.2. The minimum atomic E-state index is 0.394. The van der Waals surface area contributed by atoms with E-state index in [0.717, 1.165) is 11.4 Å². The van der Waals surface area contributed by atoms with Gasteiger partial charge in [0.15, 0.2) is 5.82 Å². The number of aromatic nitrogens is 3. The summed E-state index contributed by atoms with van der Waals surface area (Å²) in [7, 11) is 1.62. The molecule has 0 spiro atoms. The van der Waals surface area contributed by atoms with E-state index in [1.165, 1.54) is 0 Å². The van der Waals surface area contributed by atoms with Crippen LogP contribution in [0.1, 0.15) is 0 Å². The molecule has 0 radical (unpaired) electrons. The second-order valence-electron chi connectivity index (χ2n) is 4.48. The molecule has 0 amide bonds. The average Bonchev–Trinajstić information content (AvgIpc) is 2.57. The molecule has 3 aromatic rings. The van der Waals surface area contributed by atoms with Crippen LogP contribution in [0, 0.1) is 0 Å². The van der Waals surface area contributed by atoms with Crippen molar-refractivity contribution >= 4 is 23.1 Å². The minimum absolute atomic E-state index is 0.394. The molecule has 3 rings (SSSR count). The summed E-state index contributed by atoms with van der Waals surface area (Å²) >= 11 is 0. The molecule has 22 heavy (non-hydrogen) atoms. The quantitative estimate of drug-likeness (QED) is 0.751. The monoisotopic (exact) mass is 293 g/mol. The summed E-state index contributed by atoms with van der Waals surface area (Å²) < 4.78 is 5.29. The van der Waals surface area contributed by atoms with Crippen molar-refractivity contribution in [3.8, 4) is 5.75 Å². The summed E-state index contributed by atoms with van der Waals surface area (Å²) in [6.07, 6.45) is 1.57. The van der Waals surface area contributed by atoms with Gasteiger partial charge < -0.3 is 15.4 Å². The van der Waals surface area contributed by atoms with Crippen LogP contribution in [0.5, 0.6) is 5.75 Å². The van der Waals surface area contributed by atoms with Crippen LogP contribution >= 0.6 is 0 Å². The summed E-state index contributed by atoms with van der Waals surface area (Å²) in [6.45, 7) is 0. The van der Waals surface area contributed by atoms with Crippen molar-refractivity contribution in [1.29, 1.82) is 0 Å². The van der Waals surface area contributed by atoms with Gasteiger partial charge >= 0.3 is 0 Å². The third-order valence-corrected chi connectivity index (χ3v) is 2.96. The lowest BCUT2D eigenvalue weighted by molar-refractivity contribution is 0.417. The number of anilines is 4. The van der Waals surface area contributed by atoms with Gasteiger partial charge in [0.05, 0.1) is 19.0 Å². The van der Waals surface area contributed by atoms with Gasteiger partial charge in [-0.15, -0.1) is 5.10 Å². The fourth-order valence-electron chi connectivity index (χ4n) is 1.95. The summed E-state index contributed by atoms with van der Waals surface area (Å²) in [5, 5.41) is 14.2. The molecule has 2 aromatic carbocycles. The van der Waals surface area contributed by atoms with Crippen LogP contribution in [-0.2, 0) is 0 Å². The summed E-state index contributed by atoms with van der Waals surface area (Å²) in [5.41, 5.74) is 1.72. The predicted molar refractivity (Wildman–Crippen MR) is 85.8 cm³/mol. The van der Waals surface area contributed by atoms with Crippen LogP contribution < -0.4 is 15.4 Å². The Hall–Kier alpha value is -3.15. The number of nitrogens with one attached hydrogen (secondary N) is 2. The van der Waals surface area contributed by atoms with Gasteiger partial charge in [-0.05, 0) is 24.3 Å². The largest absolute Gasteiger partial charge is 0.495 e. The molecule has 0 saturated carbocycles. The molecule has 1 heterocycles. The van der Waals surface area contributed by atoms with E-state index in [2.05, 4.69) is 25.8 Å². The first-order valence-corrected chi connectivity index (χ1v) is 6.77. The van der Waals surface area contributed by atoms with Crippen LogP contribution in [0.15, 0.2) is 60.8 Å². The molecular formula is C16H15N5O. The van der Waals surface area contributed by atoms with Gasteiger partial charge in [-0.25, -0.2) is 0 Å². The highest BCUT2D eigenvalue weighted by molar-refractivity contribution is 5.63. The van der Waals surface area contributed by atoms with Crippen LogP contribution in [-0.4, -0.2) is 22.3 Å².